The largest absolute Gasteiger partial charge is 0.472 e. The summed E-state index contributed by atoms with van der Waals surface area (Å²) in [4.78, 5) is 35.5. The second kappa shape index (κ2) is 43.5. The summed E-state index contributed by atoms with van der Waals surface area (Å²) in [6.07, 6.45) is 50.6. The predicted octanol–water partition coefficient (Wildman–Crippen LogP) is 14.9. The molecule has 0 aliphatic heterocycles. The minimum atomic E-state index is -4.39. The predicted molar refractivity (Wildman–Crippen MR) is 257 cm³/mol. The first-order valence-corrected chi connectivity index (χ1v) is 26.7. The summed E-state index contributed by atoms with van der Waals surface area (Å²) in [6, 6.07) is 0. The van der Waals surface area contributed by atoms with E-state index in [-0.39, 0.29) is 26.1 Å². The number of unbranched alkanes of at least 4 members (excludes halogenated alkanes) is 26. The van der Waals surface area contributed by atoms with Gasteiger partial charge in [-0.3, -0.25) is 18.6 Å². The third kappa shape index (κ3) is 47.5. The van der Waals surface area contributed by atoms with E-state index in [1.807, 2.05) is 21.1 Å². The summed E-state index contributed by atoms with van der Waals surface area (Å²) < 4.78 is 34.4. The van der Waals surface area contributed by atoms with Gasteiger partial charge in [-0.05, 0) is 44.9 Å². The molecule has 0 radical (unpaired) electrons. The number of hydrogen-bond acceptors (Lipinski definition) is 7. The zero-order valence-electron chi connectivity index (χ0n) is 40.4. The van der Waals surface area contributed by atoms with Crippen LogP contribution in [0, 0.1) is 0 Å². The number of esters is 2. The second-order valence-corrected chi connectivity index (χ2v) is 19.7. The SMILES string of the molecule is CCCCCCCC/C=C/C/C=C/C/C=C/CCCC(=O)OC[C@H](COP(=O)(O)OCC[N+](C)(C)C)OC(=O)CCCCCCCCCCCCCCCCCCCCCC. The minimum absolute atomic E-state index is 0.0254. The number of carbonyl (C=O) groups is 2. The summed E-state index contributed by atoms with van der Waals surface area (Å²) in [5.74, 6) is -0.850. The molecule has 0 aromatic heterocycles. The van der Waals surface area contributed by atoms with Gasteiger partial charge in [0.1, 0.15) is 19.8 Å². The average Bonchev–Trinajstić information content (AvgIpc) is 3.21. The molecule has 0 aromatic rings. The van der Waals surface area contributed by atoms with Crippen LogP contribution >= 0.6 is 7.82 Å². The summed E-state index contributed by atoms with van der Waals surface area (Å²) >= 11 is 0. The Morgan fingerprint density at radius 2 is 0.902 bits per heavy atom. The van der Waals surface area contributed by atoms with Crippen LogP contribution in [0.3, 0.4) is 0 Å². The molecule has 358 valence electrons. The van der Waals surface area contributed by atoms with E-state index < -0.39 is 32.5 Å². The Bertz CT molecular complexity index is 1130. The van der Waals surface area contributed by atoms with Gasteiger partial charge >= 0.3 is 19.8 Å². The monoisotopic (exact) mass is 883 g/mol. The highest BCUT2D eigenvalue weighted by molar-refractivity contribution is 7.47. The lowest BCUT2D eigenvalue weighted by Gasteiger charge is -2.24. The van der Waals surface area contributed by atoms with Gasteiger partial charge in [0, 0.05) is 12.8 Å². The van der Waals surface area contributed by atoms with E-state index >= 15 is 0 Å². The highest BCUT2D eigenvalue weighted by Crippen LogP contribution is 2.43. The fourth-order valence-electron chi connectivity index (χ4n) is 6.97. The molecule has 0 saturated heterocycles. The van der Waals surface area contributed by atoms with Crippen LogP contribution in [0.2, 0.25) is 0 Å². The lowest BCUT2D eigenvalue weighted by Crippen LogP contribution is -2.37. The Labute approximate surface area is 376 Å². The molecule has 61 heavy (non-hydrogen) atoms. The number of ether oxygens (including phenoxy) is 2. The molecule has 0 aromatic carbocycles. The van der Waals surface area contributed by atoms with Crippen molar-refractivity contribution in [2.45, 2.75) is 232 Å². The highest BCUT2D eigenvalue weighted by atomic mass is 31.2. The molecule has 0 amide bonds. The summed E-state index contributed by atoms with van der Waals surface area (Å²) in [5.41, 5.74) is 0. The normalized spacial score (nSPS) is 13.7. The fourth-order valence-corrected chi connectivity index (χ4v) is 7.71. The molecule has 0 spiro atoms. The quantitative estimate of drug-likeness (QED) is 0.0212. The van der Waals surface area contributed by atoms with Crippen molar-refractivity contribution in [2.75, 3.05) is 47.5 Å². The van der Waals surface area contributed by atoms with Gasteiger partial charge in [-0.15, -0.1) is 0 Å². The Kier molecular flexibility index (Phi) is 42.2. The van der Waals surface area contributed by atoms with Crippen molar-refractivity contribution in [2.24, 2.45) is 0 Å². The molecule has 10 heteroatoms. The van der Waals surface area contributed by atoms with Gasteiger partial charge in [0.15, 0.2) is 6.10 Å². The van der Waals surface area contributed by atoms with Gasteiger partial charge < -0.3 is 18.9 Å². The molecule has 2 atom stereocenters. The Morgan fingerprint density at radius 3 is 1.36 bits per heavy atom. The van der Waals surface area contributed by atoms with Crippen LogP contribution < -0.4 is 0 Å². The molecule has 0 heterocycles. The van der Waals surface area contributed by atoms with E-state index in [4.69, 9.17) is 18.5 Å². The number of phosphoric ester groups is 1. The van der Waals surface area contributed by atoms with E-state index in [1.54, 1.807) is 0 Å². The maximum atomic E-state index is 12.7. The van der Waals surface area contributed by atoms with Crippen LogP contribution in [0.25, 0.3) is 0 Å². The molecule has 0 saturated carbocycles. The third-order valence-corrected chi connectivity index (χ3v) is 11.9. The molecule has 0 fully saturated rings. The first-order chi connectivity index (χ1) is 29.5. The van der Waals surface area contributed by atoms with Crippen LogP contribution in [0.15, 0.2) is 36.5 Å². The number of carbonyl (C=O) groups excluding carboxylic acids is 2. The van der Waals surface area contributed by atoms with E-state index in [2.05, 4.69) is 50.3 Å². The Balaban J connectivity index is 4.31. The topological polar surface area (TPSA) is 108 Å². The van der Waals surface area contributed by atoms with Gasteiger partial charge in [-0.25, -0.2) is 4.57 Å². The van der Waals surface area contributed by atoms with E-state index in [0.29, 0.717) is 23.9 Å². The molecule has 9 nitrogen and oxygen atoms in total. The van der Waals surface area contributed by atoms with Gasteiger partial charge in [-0.1, -0.05) is 204 Å². The summed E-state index contributed by atoms with van der Waals surface area (Å²) in [6.45, 7) is 4.39. The van der Waals surface area contributed by atoms with Crippen molar-refractivity contribution in [3.05, 3.63) is 36.5 Å². The molecule has 0 bridgehead atoms. The highest BCUT2D eigenvalue weighted by Gasteiger charge is 2.27. The second-order valence-electron chi connectivity index (χ2n) is 18.2. The number of hydrogen-bond donors (Lipinski definition) is 1. The Morgan fingerprint density at radius 1 is 0.508 bits per heavy atom. The summed E-state index contributed by atoms with van der Waals surface area (Å²) in [5, 5.41) is 0. The van der Waals surface area contributed by atoms with E-state index in [1.165, 1.54) is 154 Å². The molecular formula is C51H97NO8P+. The Hall–Kier alpha value is -1.77. The van der Waals surface area contributed by atoms with Gasteiger partial charge in [0.05, 0.1) is 27.7 Å². The van der Waals surface area contributed by atoms with Crippen LogP contribution in [-0.4, -0.2) is 74.9 Å². The van der Waals surface area contributed by atoms with Crippen molar-refractivity contribution in [1.29, 1.82) is 0 Å². The van der Waals surface area contributed by atoms with Crippen molar-refractivity contribution >= 4 is 19.8 Å². The lowest BCUT2D eigenvalue weighted by molar-refractivity contribution is -0.870. The molecule has 0 aliphatic rings. The number of rotatable bonds is 46. The van der Waals surface area contributed by atoms with Crippen molar-refractivity contribution in [3.8, 4) is 0 Å². The van der Waals surface area contributed by atoms with Gasteiger partial charge in [0.25, 0.3) is 0 Å². The maximum Gasteiger partial charge on any atom is 0.472 e. The molecule has 1 unspecified atom stereocenters. The molecular weight excluding hydrogens is 786 g/mol. The van der Waals surface area contributed by atoms with Gasteiger partial charge in [0.2, 0.25) is 0 Å². The maximum absolute atomic E-state index is 12.7. The van der Waals surface area contributed by atoms with Crippen LogP contribution in [-0.2, 0) is 32.7 Å². The van der Waals surface area contributed by atoms with Crippen LogP contribution in [0.4, 0.5) is 0 Å². The first-order valence-electron chi connectivity index (χ1n) is 25.2. The zero-order valence-corrected chi connectivity index (χ0v) is 41.3. The van der Waals surface area contributed by atoms with E-state index in [0.717, 1.165) is 32.1 Å². The van der Waals surface area contributed by atoms with Crippen molar-refractivity contribution in [3.63, 3.8) is 0 Å². The third-order valence-electron chi connectivity index (χ3n) is 10.9. The van der Waals surface area contributed by atoms with E-state index in [9.17, 15) is 19.0 Å². The van der Waals surface area contributed by atoms with Crippen LogP contribution in [0.5, 0.6) is 0 Å². The number of allylic oxidation sites excluding steroid dienone is 6. The van der Waals surface area contributed by atoms with Crippen LogP contribution in [0.1, 0.15) is 226 Å². The molecule has 1 N–H and O–H groups in total. The van der Waals surface area contributed by atoms with Gasteiger partial charge in [-0.2, -0.15) is 0 Å². The fraction of sp³-hybridized carbons (Fsp3) is 0.843. The zero-order chi connectivity index (χ0) is 45.0. The number of likely N-dealkylation sites (N-methyl/N-ethyl adjacent to an activating group) is 1. The lowest BCUT2D eigenvalue weighted by atomic mass is 10.0. The van der Waals surface area contributed by atoms with Crippen molar-refractivity contribution < 1.29 is 42.1 Å². The standard InChI is InChI=1S/C51H96NO8P/c1-6-8-10-12-14-16-18-20-22-24-25-26-28-30-32-34-36-38-40-42-44-51(54)60-49(48-59-61(55,56)58-46-45-52(3,4)5)47-57-50(53)43-41-39-37-35-33-31-29-27-23-21-19-17-15-13-11-9-7-2/h21,23,29,31,35,37,49H,6-20,22,24-28,30,32-34,36,38-48H2,1-5H3/p+1/b23-21+,31-29+,37-35+/t49-/m1/s1. The summed E-state index contributed by atoms with van der Waals surface area (Å²) in [7, 11) is 1.46. The molecule has 0 rings (SSSR count). The first kappa shape index (κ1) is 59.2. The number of phosphoric acid groups is 1. The smallest absolute Gasteiger partial charge is 0.462 e. The van der Waals surface area contributed by atoms with Crippen molar-refractivity contribution in [1.82, 2.24) is 0 Å². The minimum Gasteiger partial charge on any atom is -0.462 e. The number of nitrogens with zero attached hydrogens (tertiary/aromatic N) is 1. The average molecular weight is 883 g/mol. The molecule has 0 aliphatic carbocycles. The number of quaternary nitrogens is 1.